The largest absolute Gasteiger partial charge is 0.468 e. The first kappa shape index (κ1) is 25.3. The Kier molecular flexibility index (Phi) is 8.52. The quantitative estimate of drug-likeness (QED) is 0.322. The highest BCUT2D eigenvalue weighted by atomic mass is 79.9. The van der Waals surface area contributed by atoms with Crippen LogP contribution in [0.5, 0.6) is 0 Å². The molecule has 0 spiro atoms. The maximum absolute atomic E-state index is 12.6. The molecule has 1 rings (SSSR count). The highest BCUT2D eigenvalue weighted by Crippen LogP contribution is 2.37. The van der Waals surface area contributed by atoms with E-state index in [1.54, 1.807) is 0 Å². The predicted molar refractivity (Wildman–Crippen MR) is 121 cm³/mol. The molecular formula is C22H37BrO4Si. The van der Waals surface area contributed by atoms with Crippen molar-refractivity contribution in [3.05, 3.63) is 34.3 Å². The molecule has 28 heavy (non-hydrogen) atoms. The number of hydrogen-bond acceptors (Lipinski definition) is 4. The van der Waals surface area contributed by atoms with Crippen LogP contribution in [0.15, 0.2) is 28.7 Å². The summed E-state index contributed by atoms with van der Waals surface area (Å²) in [5.41, 5.74) is -0.286. The van der Waals surface area contributed by atoms with Crippen molar-refractivity contribution in [3.63, 3.8) is 0 Å². The van der Waals surface area contributed by atoms with Crippen molar-refractivity contribution in [2.24, 2.45) is 0 Å². The van der Waals surface area contributed by atoms with Crippen LogP contribution in [0.2, 0.25) is 18.1 Å². The number of carbonyl (C=O) groups is 1. The summed E-state index contributed by atoms with van der Waals surface area (Å²) in [6.07, 6.45) is 0.527. The van der Waals surface area contributed by atoms with E-state index in [1.807, 2.05) is 45.0 Å². The summed E-state index contributed by atoms with van der Waals surface area (Å²) in [5, 5.41) is 0.160. The molecule has 0 fully saturated rings. The normalized spacial score (nSPS) is 15.2. The van der Waals surface area contributed by atoms with Gasteiger partial charge < -0.3 is 13.9 Å². The number of esters is 1. The van der Waals surface area contributed by atoms with E-state index in [-0.39, 0.29) is 11.0 Å². The second-order valence-corrected chi connectivity index (χ2v) is 15.5. The Morgan fingerprint density at radius 3 is 2.21 bits per heavy atom. The summed E-state index contributed by atoms with van der Waals surface area (Å²) in [5.74, 6) is -0.260. The van der Waals surface area contributed by atoms with Gasteiger partial charge in [-0.2, -0.15) is 0 Å². The van der Waals surface area contributed by atoms with Crippen molar-refractivity contribution in [1.82, 2.24) is 0 Å². The number of rotatable bonds is 9. The Morgan fingerprint density at radius 1 is 1.11 bits per heavy atom. The predicted octanol–water partition coefficient (Wildman–Crippen LogP) is 6.09. The molecule has 1 atom stereocenters. The van der Waals surface area contributed by atoms with Crippen LogP contribution in [-0.4, -0.2) is 40.2 Å². The molecule has 0 aliphatic heterocycles. The summed E-state index contributed by atoms with van der Waals surface area (Å²) in [6.45, 7) is 18.1. The molecule has 160 valence electrons. The first-order valence-corrected chi connectivity index (χ1v) is 13.5. The molecular weight excluding hydrogens is 436 g/mol. The first-order chi connectivity index (χ1) is 12.6. The van der Waals surface area contributed by atoms with Crippen LogP contribution in [0.25, 0.3) is 0 Å². The number of benzene rings is 1. The van der Waals surface area contributed by atoms with Crippen LogP contribution in [0, 0.1) is 0 Å². The summed E-state index contributed by atoms with van der Waals surface area (Å²) >= 11 is 3.48. The van der Waals surface area contributed by atoms with E-state index in [2.05, 4.69) is 49.8 Å². The van der Waals surface area contributed by atoms with E-state index >= 15 is 0 Å². The smallest absolute Gasteiger partial charge is 0.316 e. The van der Waals surface area contributed by atoms with Gasteiger partial charge in [0, 0.05) is 11.1 Å². The lowest BCUT2D eigenvalue weighted by molar-refractivity contribution is -0.148. The van der Waals surface area contributed by atoms with E-state index in [0.717, 1.165) is 10.0 Å². The lowest BCUT2D eigenvalue weighted by atomic mass is 9.79. The number of methoxy groups -OCH3 is 1. The standard InChI is InChI=1S/C22H37BrO4Si/c1-20(2,3)28(8,9)27-16-21(4,5)26-14-13-22(6,19(24)25-7)17-11-10-12-18(23)15-17/h10-12,15H,13-14,16H2,1-9H3. The molecule has 0 radical (unpaired) electrons. The minimum absolute atomic E-state index is 0.160. The molecule has 4 nitrogen and oxygen atoms in total. The van der Waals surface area contributed by atoms with Gasteiger partial charge in [0.1, 0.15) is 0 Å². The third-order valence-corrected chi connectivity index (χ3v) is 10.8. The van der Waals surface area contributed by atoms with Crippen LogP contribution in [0.1, 0.15) is 53.5 Å². The van der Waals surface area contributed by atoms with Crippen LogP contribution in [-0.2, 0) is 24.1 Å². The van der Waals surface area contributed by atoms with Crippen molar-refractivity contribution in [2.45, 2.75) is 77.1 Å². The van der Waals surface area contributed by atoms with E-state index in [4.69, 9.17) is 13.9 Å². The number of hydrogen-bond donors (Lipinski definition) is 0. The fourth-order valence-electron chi connectivity index (χ4n) is 2.57. The van der Waals surface area contributed by atoms with E-state index < -0.39 is 19.3 Å². The zero-order chi connectivity index (χ0) is 21.8. The van der Waals surface area contributed by atoms with Crippen molar-refractivity contribution < 1.29 is 18.7 Å². The maximum atomic E-state index is 12.6. The highest BCUT2D eigenvalue weighted by Gasteiger charge is 2.40. The highest BCUT2D eigenvalue weighted by molar-refractivity contribution is 9.10. The van der Waals surface area contributed by atoms with Gasteiger partial charge in [-0.3, -0.25) is 4.79 Å². The minimum atomic E-state index is -1.83. The van der Waals surface area contributed by atoms with E-state index in [0.29, 0.717) is 19.6 Å². The van der Waals surface area contributed by atoms with Gasteiger partial charge >= 0.3 is 5.97 Å². The molecule has 0 aromatic heterocycles. The monoisotopic (exact) mass is 472 g/mol. The van der Waals surface area contributed by atoms with Gasteiger partial charge in [-0.05, 0) is 63.0 Å². The summed E-state index contributed by atoms with van der Waals surface area (Å²) in [4.78, 5) is 12.6. The third-order valence-electron chi connectivity index (χ3n) is 5.78. The number of carbonyl (C=O) groups excluding carboxylic acids is 1. The third kappa shape index (κ3) is 6.68. The lowest BCUT2D eigenvalue weighted by Gasteiger charge is -2.39. The molecule has 0 saturated heterocycles. The second kappa shape index (κ2) is 9.41. The number of ether oxygens (including phenoxy) is 2. The van der Waals surface area contributed by atoms with Gasteiger partial charge in [-0.25, -0.2) is 0 Å². The maximum Gasteiger partial charge on any atom is 0.316 e. The lowest BCUT2D eigenvalue weighted by Crippen LogP contribution is -2.45. The Balaban J connectivity index is 2.80. The van der Waals surface area contributed by atoms with Crippen LogP contribution in [0.4, 0.5) is 0 Å². The molecule has 0 bridgehead atoms. The molecule has 0 aliphatic rings. The van der Waals surface area contributed by atoms with E-state index in [1.165, 1.54) is 7.11 Å². The molecule has 0 amide bonds. The van der Waals surface area contributed by atoms with Crippen molar-refractivity contribution >= 4 is 30.2 Å². The SMILES string of the molecule is COC(=O)C(C)(CCOC(C)(C)CO[Si](C)(C)C(C)(C)C)c1cccc(Br)c1. The van der Waals surface area contributed by atoms with Crippen LogP contribution in [0.3, 0.4) is 0 Å². The zero-order valence-electron chi connectivity index (χ0n) is 18.9. The van der Waals surface area contributed by atoms with Crippen molar-refractivity contribution in [2.75, 3.05) is 20.3 Å². The van der Waals surface area contributed by atoms with E-state index in [9.17, 15) is 4.79 Å². The minimum Gasteiger partial charge on any atom is -0.468 e. The molecule has 0 heterocycles. The van der Waals surface area contributed by atoms with Gasteiger partial charge in [0.25, 0.3) is 0 Å². The van der Waals surface area contributed by atoms with Gasteiger partial charge in [-0.1, -0.05) is 48.8 Å². The van der Waals surface area contributed by atoms with Gasteiger partial charge in [0.05, 0.1) is 24.7 Å². The molecule has 0 aliphatic carbocycles. The molecule has 1 aromatic rings. The van der Waals surface area contributed by atoms with Crippen LogP contribution >= 0.6 is 15.9 Å². The zero-order valence-corrected chi connectivity index (χ0v) is 21.5. The van der Waals surface area contributed by atoms with Gasteiger partial charge in [0.2, 0.25) is 0 Å². The summed E-state index contributed by atoms with van der Waals surface area (Å²) in [6, 6.07) is 7.79. The summed E-state index contributed by atoms with van der Waals surface area (Å²) < 4.78 is 18.5. The Bertz CT molecular complexity index is 667. The molecule has 0 saturated carbocycles. The molecule has 6 heteroatoms. The summed E-state index contributed by atoms with van der Waals surface area (Å²) in [7, 11) is -0.405. The van der Waals surface area contributed by atoms with Gasteiger partial charge in [0.15, 0.2) is 8.32 Å². The van der Waals surface area contributed by atoms with Crippen LogP contribution < -0.4 is 0 Å². The topological polar surface area (TPSA) is 44.8 Å². The average molecular weight is 474 g/mol. The Labute approximate surface area is 180 Å². The van der Waals surface area contributed by atoms with Crippen molar-refractivity contribution in [1.29, 1.82) is 0 Å². The van der Waals surface area contributed by atoms with Crippen molar-refractivity contribution in [3.8, 4) is 0 Å². The molecule has 1 aromatic carbocycles. The Hall–Kier alpha value is -0.693. The molecule has 1 unspecified atom stereocenters. The van der Waals surface area contributed by atoms with Gasteiger partial charge in [-0.15, -0.1) is 0 Å². The number of halogens is 1. The fraction of sp³-hybridized carbons (Fsp3) is 0.682. The molecule has 0 N–H and O–H groups in total. The fourth-order valence-corrected chi connectivity index (χ4v) is 4.11. The second-order valence-electron chi connectivity index (χ2n) is 9.74. The average Bonchev–Trinajstić information content (AvgIpc) is 2.58. The first-order valence-electron chi connectivity index (χ1n) is 9.77. The Morgan fingerprint density at radius 2 is 1.71 bits per heavy atom.